The van der Waals surface area contributed by atoms with Crippen LogP contribution < -0.4 is 10.6 Å². The first kappa shape index (κ1) is 23.9. The zero-order valence-corrected chi connectivity index (χ0v) is 23.3. The van der Waals surface area contributed by atoms with Gasteiger partial charge in [0, 0.05) is 0 Å². The Morgan fingerprint density at radius 2 is 1.44 bits per heavy atom. The van der Waals surface area contributed by atoms with Crippen LogP contribution in [0.5, 0.6) is 0 Å². The van der Waals surface area contributed by atoms with E-state index in [4.69, 9.17) is 4.98 Å². The quantitative estimate of drug-likeness (QED) is 0.190. The Morgan fingerprint density at radius 3 is 2.20 bits per heavy atom. The zero-order valence-electron chi connectivity index (χ0n) is 23.3. The zero-order chi connectivity index (χ0) is 26.9. The maximum absolute atomic E-state index is 4.91. The molecular formula is C35H36N6. The summed E-state index contributed by atoms with van der Waals surface area (Å²) in [5, 5.41) is 7.12. The summed E-state index contributed by atoms with van der Waals surface area (Å²) >= 11 is 0. The molecule has 3 aromatic carbocycles. The summed E-state index contributed by atoms with van der Waals surface area (Å²) in [6.07, 6.45) is 10.6. The van der Waals surface area contributed by atoms with Crippen LogP contribution >= 0.6 is 0 Å². The van der Waals surface area contributed by atoms with Gasteiger partial charge in [0.1, 0.15) is 11.6 Å². The molecule has 0 radical (unpaired) electrons. The van der Waals surface area contributed by atoms with E-state index < -0.39 is 0 Å². The number of hydrogen-bond acceptors (Lipinski definition) is 4. The van der Waals surface area contributed by atoms with Gasteiger partial charge in [-0.3, -0.25) is 0 Å². The highest BCUT2D eigenvalue weighted by molar-refractivity contribution is 5.86. The molecule has 2 aliphatic heterocycles. The lowest BCUT2D eigenvalue weighted by molar-refractivity contribution is 0.281. The van der Waals surface area contributed by atoms with Gasteiger partial charge in [0.2, 0.25) is 0 Å². The molecule has 2 saturated heterocycles. The van der Waals surface area contributed by atoms with Gasteiger partial charge < -0.3 is 20.6 Å². The van der Waals surface area contributed by atoms with Gasteiger partial charge in [-0.25, -0.2) is 9.97 Å². The predicted octanol–water partition coefficient (Wildman–Crippen LogP) is 7.19. The maximum atomic E-state index is 4.91. The number of aromatic amines is 2. The molecule has 9 rings (SSSR count). The van der Waals surface area contributed by atoms with Crippen molar-refractivity contribution in [1.29, 1.82) is 0 Å². The molecule has 4 N–H and O–H groups in total. The topological polar surface area (TPSA) is 81.4 Å². The lowest BCUT2D eigenvalue weighted by Gasteiger charge is -2.31. The predicted molar refractivity (Wildman–Crippen MR) is 164 cm³/mol. The minimum Gasteiger partial charge on any atom is -0.341 e. The molecular weight excluding hydrogens is 504 g/mol. The first-order valence-corrected chi connectivity index (χ1v) is 15.6. The maximum Gasteiger partial charge on any atom is 0.124 e. The molecule has 5 aromatic rings. The molecule has 4 aliphatic rings. The molecule has 0 amide bonds. The van der Waals surface area contributed by atoms with Crippen molar-refractivity contribution >= 4 is 11.0 Å². The summed E-state index contributed by atoms with van der Waals surface area (Å²) in [6, 6.07) is 21.4. The average molecular weight is 541 g/mol. The highest BCUT2D eigenvalue weighted by Gasteiger charge is 2.41. The third kappa shape index (κ3) is 3.92. The Morgan fingerprint density at radius 1 is 0.683 bits per heavy atom. The summed E-state index contributed by atoms with van der Waals surface area (Å²) in [5.41, 5.74) is 13.1. The summed E-state index contributed by atoms with van der Waals surface area (Å²) in [7, 11) is 0. The van der Waals surface area contributed by atoms with Gasteiger partial charge in [-0.05, 0) is 121 Å². The number of aromatic nitrogens is 4. The number of rotatable bonds is 5. The Hall–Kier alpha value is -3.74. The minimum absolute atomic E-state index is 0.357. The normalized spacial score (nSPS) is 25.0. The number of benzene rings is 3. The molecule has 2 aliphatic carbocycles. The second-order valence-corrected chi connectivity index (χ2v) is 12.6. The SMILES string of the molecule is c1cc(-c2ccc(-c3ccc4nc(C5CCCN5)[nH]c4c3)c3c2C2CCC2C3)ccc1-c1cnc(C2CCCN2)[nH]1. The van der Waals surface area contributed by atoms with Crippen molar-refractivity contribution in [2.45, 2.75) is 62.9 Å². The van der Waals surface area contributed by atoms with Crippen molar-refractivity contribution in [3.63, 3.8) is 0 Å². The van der Waals surface area contributed by atoms with Crippen LogP contribution in [0.3, 0.4) is 0 Å². The second-order valence-electron chi connectivity index (χ2n) is 12.6. The van der Waals surface area contributed by atoms with E-state index in [9.17, 15) is 0 Å². The van der Waals surface area contributed by atoms with Gasteiger partial charge in [-0.15, -0.1) is 0 Å². The monoisotopic (exact) mass is 540 g/mol. The van der Waals surface area contributed by atoms with E-state index in [0.29, 0.717) is 18.0 Å². The number of nitrogens with one attached hydrogen (secondary N) is 4. The van der Waals surface area contributed by atoms with Crippen LogP contribution in [0.4, 0.5) is 0 Å². The van der Waals surface area contributed by atoms with Gasteiger partial charge in [-0.2, -0.15) is 0 Å². The summed E-state index contributed by atoms with van der Waals surface area (Å²) in [4.78, 5) is 16.8. The fraction of sp³-hybridized carbons (Fsp3) is 0.371. The fourth-order valence-electron chi connectivity index (χ4n) is 7.97. The van der Waals surface area contributed by atoms with Crippen LogP contribution in [0, 0.1) is 5.92 Å². The molecule has 4 atom stereocenters. The number of imidazole rings is 2. The number of fused-ring (bicyclic) bond motifs is 4. The molecule has 206 valence electrons. The largest absolute Gasteiger partial charge is 0.341 e. The molecule has 6 heteroatoms. The van der Waals surface area contributed by atoms with E-state index in [0.717, 1.165) is 60.2 Å². The number of hydrogen-bond donors (Lipinski definition) is 4. The van der Waals surface area contributed by atoms with Crippen LogP contribution in [0.2, 0.25) is 0 Å². The van der Waals surface area contributed by atoms with Crippen molar-refractivity contribution < 1.29 is 0 Å². The van der Waals surface area contributed by atoms with E-state index in [1.54, 1.807) is 11.1 Å². The van der Waals surface area contributed by atoms with Gasteiger partial charge >= 0.3 is 0 Å². The van der Waals surface area contributed by atoms with Gasteiger partial charge in [0.15, 0.2) is 0 Å². The Bertz CT molecular complexity index is 1750. The molecule has 2 aromatic heterocycles. The van der Waals surface area contributed by atoms with E-state index in [1.165, 1.54) is 59.9 Å². The molecule has 0 bridgehead atoms. The van der Waals surface area contributed by atoms with Crippen LogP contribution in [-0.2, 0) is 6.42 Å². The molecule has 0 spiro atoms. The summed E-state index contributed by atoms with van der Waals surface area (Å²) in [6.45, 7) is 2.16. The van der Waals surface area contributed by atoms with Crippen molar-refractivity contribution in [1.82, 2.24) is 30.6 Å². The molecule has 1 saturated carbocycles. The third-order valence-corrected chi connectivity index (χ3v) is 10.3. The van der Waals surface area contributed by atoms with Crippen LogP contribution in [0.1, 0.15) is 79.3 Å². The lowest BCUT2D eigenvalue weighted by atomic mass is 9.73. The highest BCUT2D eigenvalue weighted by Crippen LogP contribution is 2.56. The standard InChI is InChI=1S/C35H36N6/c1-3-29(36-15-1)34-38-19-32(41-34)21-7-5-20(6-8-21)25-13-12-24(27-17-22-9-11-26(22)33(25)27)23-10-14-28-31(18-23)40-35(39-28)30-4-2-16-37-30/h5-8,10,12-14,18-19,22,26,29-30,36-37H,1-4,9,11,15-17H2,(H,38,41)(H,39,40). The van der Waals surface area contributed by atoms with Crippen molar-refractivity contribution in [3.8, 4) is 33.5 Å². The average Bonchev–Trinajstić information content (AvgIpc) is 3.82. The van der Waals surface area contributed by atoms with Crippen LogP contribution in [0.25, 0.3) is 44.5 Å². The minimum atomic E-state index is 0.357. The second kappa shape index (κ2) is 9.40. The van der Waals surface area contributed by atoms with Crippen molar-refractivity contribution in [2.75, 3.05) is 13.1 Å². The first-order valence-electron chi connectivity index (χ1n) is 15.6. The fourth-order valence-corrected chi connectivity index (χ4v) is 7.97. The Balaban J connectivity index is 1.06. The first-order chi connectivity index (χ1) is 20.3. The van der Waals surface area contributed by atoms with Gasteiger partial charge in [0.05, 0.1) is 35.0 Å². The van der Waals surface area contributed by atoms with Gasteiger partial charge in [0.25, 0.3) is 0 Å². The lowest BCUT2D eigenvalue weighted by Crippen LogP contribution is -2.19. The molecule has 4 unspecified atom stereocenters. The van der Waals surface area contributed by atoms with E-state index in [2.05, 4.69) is 80.2 Å². The third-order valence-electron chi connectivity index (χ3n) is 10.3. The van der Waals surface area contributed by atoms with Crippen molar-refractivity contribution in [2.24, 2.45) is 5.92 Å². The van der Waals surface area contributed by atoms with E-state index in [1.807, 2.05) is 6.20 Å². The number of H-pyrrole nitrogens is 2. The summed E-state index contributed by atoms with van der Waals surface area (Å²) < 4.78 is 0. The van der Waals surface area contributed by atoms with Gasteiger partial charge in [-0.1, -0.05) is 42.5 Å². The number of nitrogens with zero attached hydrogens (tertiary/aromatic N) is 2. The van der Waals surface area contributed by atoms with Crippen LogP contribution in [0.15, 0.2) is 60.8 Å². The molecule has 4 heterocycles. The Labute approximate surface area is 240 Å². The smallest absolute Gasteiger partial charge is 0.124 e. The molecule has 3 fully saturated rings. The molecule has 6 nitrogen and oxygen atoms in total. The molecule has 41 heavy (non-hydrogen) atoms. The highest BCUT2D eigenvalue weighted by atomic mass is 15.0. The van der Waals surface area contributed by atoms with E-state index in [-0.39, 0.29) is 0 Å². The summed E-state index contributed by atoms with van der Waals surface area (Å²) in [5.74, 6) is 3.64. The van der Waals surface area contributed by atoms with E-state index >= 15 is 0 Å². The Kier molecular flexibility index (Phi) is 5.48. The van der Waals surface area contributed by atoms with Crippen LogP contribution in [-0.4, -0.2) is 33.0 Å². The van der Waals surface area contributed by atoms with Crippen molar-refractivity contribution in [3.05, 3.63) is 83.6 Å².